The van der Waals surface area contributed by atoms with Crippen LogP contribution in [0.15, 0.2) is 4.79 Å². The summed E-state index contributed by atoms with van der Waals surface area (Å²) >= 11 is 1.04. The Labute approximate surface area is 152 Å². The van der Waals surface area contributed by atoms with Crippen LogP contribution in [-0.4, -0.2) is 67.3 Å². The van der Waals surface area contributed by atoms with Gasteiger partial charge in [-0.1, -0.05) is 0 Å². The Hall–Kier alpha value is -2.30. The molecular weight excluding hydrogens is 362 g/mol. The topological polar surface area (TPSA) is 111 Å². The van der Waals surface area contributed by atoms with Crippen molar-refractivity contribution in [3.05, 3.63) is 26.6 Å². The number of esters is 2. The maximum Gasteiger partial charge on any atom is 0.348 e. The summed E-state index contributed by atoms with van der Waals surface area (Å²) in [5.41, 5.74) is -0.0982. The van der Waals surface area contributed by atoms with Gasteiger partial charge in [0.15, 0.2) is 0 Å². The van der Waals surface area contributed by atoms with E-state index in [9.17, 15) is 14.4 Å². The van der Waals surface area contributed by atoms with Crippen LogP contribution in [0, 0.1) is 0 Å². The van der Waals surface area contributed by atoms with Crippen molar-refractivity contribution in [2.24, 2.45) is 0 Å². The molecule has 0 aliphatic carbocycles. The number of H-pyrrole nitrogens is 1. The van der Waals surface area contributed by atoms with Crippen molar-refractivity contribution in [3.8, 4) is 0 Å². The van der Waals surface area contributed by atoms with Crippen molar-refractivity contribution in [1.29, 1.82) is 0 Å². The number of aromatic nitrogens is 2. The Balaban J connectivity index is 2.03. The van der Waals surface area contributed by atoms with E-state index in [1.807, 2.05) is 0 Å². The summed E-state index contributed by atoms with van der Waals surface area (Å²) in [6.07, 6.45) is -0.200. The number of aromatic amines is 1. The van der Waals surface area contributed by atoms with Crippen LogP contribution in [-0.2, 0) is 32.0 Å². The average Bonchev–Trinajstić information content (AvgIpc) is 3.00. The van der Waals surface area contributed by atoms with Gasteiger partial charge in [-0.25, -0.2) is 9.78 Å². The summed E-state index contributed by atoms with van der Waals surface area (Å²) in [6, 6.07) is 0. The van der Waals surface area contributed by atoms with Gasteiger partial charge in [0.05, 0.1) is 45.8 Å². The number of hydrogen-bond donors (Lipinski definition) is 1. The van der Waals surface area contributed by atoms with E-state index in [-0.39, 0.29) is 27.8 Å². The van der Waals surface area contributed by atoms with Crippen molar-refractivity contribution in [1.82, 2.24) is 14.9 Å². The van der Waals surface area contributed by atoms with Gasteiger partial charge in [-0.05, 0) is 0 Å². The first-order valence-electron chi connectivity index (χ1n) is 8.03. The molecule has 3 heterocycles. The van der Waals surface area contributed by atoms with Gasteiger partial charge in [0.1, 0.15) is 15.5 Å². The van der Waals surface area contributed by atoms with Crippen LogP contribution < -0.4 is 5.56 Å². The number of ether oxygens (including phenoxy) is 3. The molecule has 1 aliphatic rings. The third kappa shape index (κ3) is 3.76. The fourth-order valence-corrected chi connectivity index (χ4v) is 3.93. The van der Waals surface area contributed by atoms with Gasteiger partial charge in [0.25, 0.3) is 5.56 Å². The number of carbonyl (C=O) groups is 2. The van der Waals surface area contributed by atoms with Gasteiger partial charge < -0.3 is 19.2 Å². The quantitative estimate of drug-likeness (QED) is 0.737. The first kappa shape index (κ1) is 18.5. The minimum atomic E-state index is -0.610. The number of thiophene rings is 1. The number of hydrogen-bond acceptors (Lipinski definition) is 9. The van der Waals surface area contributed by atoms with E-state index in [0.717, 1.165) is 24.4 Å². The molecule has 0 aromatic carbocycles. The Morgan fingerprint density at radius 3 is 2.65 bits per heavy atom. The number of rotatable bonds is 5. The lowest BCUT2D eigenvalue weighted by atomic mass is 10.1. The molecule has 0 saturated carbocycles. The minimum absolute atomic E-state index is 0.189. The maximum atomic E-state index is 12.6. The zero-order valence-electron chi connectivity index (χ0n) is 14.5. The smallest absolute Gasteiger partial charge is 0.348 e. The highest BCUT2D eigenvalue weighted by Gasteiger charge is 2.25. The third-order valence-electron chi connectivity index (χ3n) is 4.11. The number of carbonyl (C=O) groups excluding carboxylic acids is 2. The van der Waals surface area contributed by atoms with Crippen LogP contribution in [0.3, 0.4) is 0 Å². The van der Waals surface area contributed by atoms with E-state index >= 15 is 0 Å². The SMILES string of the molecule is COC(=O)Cc1c(C(=O)OC)sc2nc(CN3CCOCC3)[nH]c(=O)c12. The lowest BCUT2D eigenvalue weighted by Gasteiger charge is -2.25. The van der Waals surface area contributed by atoms with Crippen molar-refractivity contribution < 1.29 is 23.8 Å². The first-order chi connectivity index (χ1) is 12.5. The molecule has 0 radical (unpaired) electrons. The van der Waals surface area contributed by atoms with E-state index < -0.39 is 11.9 Å². The fraction of sp³-hybridized carbons (Fsp3) is 0.500. The standard InChI is InChI=1S/C16H19N3O6S/c1-23-11(20)7-9-12-14(21)17-10(8-19-3-5-25-6-4-19)18-15(12)26-13(9)16(22)24-2/h3-8H2,1-2H3,(H,17,18,21). The highest BCUT2D eigenvalue weighted by Crippen LogP contribution is 2.29. The monoisotopic (exact) mass is 381 g/mol. The molecule has 0 spiro atoms. The van der Waals surface area contributed by atoms with Gasteiger partial charge in [0, 0.05) is 18.7 Å². The molecule has 9 nitrogen and oxygen atoms in total. The summed E-state index contributed by atoms with van der Waals surface area (Å²) in [4.78, 5) is 46.3. The van der Waals surface area contributed by atoms with E-state index in [1.165, 1.54) is 14.2 Å². The number of nitrogens with zero attached hydrogens (tertiary/aromatic N) is 2. The molecule has 3 rings (SSSR count). The van der Waals surface area contributed by atoms with Gasteiger partial charge in [-0.2, -0.15) is 0 Å². The van der Waals surface area contributed by atoms with E-state index in [1.54, 1.807) is 0 Å². The normalized spacial score (nSPS) is 15.2. The van der Waals surface area contributed by atoms with Crippen LogP contribution in [0.25, 0.3) is 10.2 Å². The zero-order chi connectivity index (χ0) is 18.7. The Morgan fingerprint density at radius 2 is 2.00 bits per heavy atom. The van der Waals surface area contributed by atoms with Gasteiger partial charge in [-0.15, -0.1) is 11.3 Å². The van der Waals surface area contributed by atoms with Gasteiger partial charge >= 0.3 is 11.9 Å². The third-order valence-corrected chi connectivity index (χ3v) is 5.21. The maximum absolute atomic E-state index is 12.6. The van der Waals surface area contributed by atoms with Crippen LogP contribution in [0.1, 0.15) is 21.1 Å². The molecular formula is C16H19N3O6S. The summed E-state index contributed by atoms with van der Waals surface area (Å²) in [7, 11) is 2.49. The molecule has 0 amide bonds. The van der Waals surface area contributed by atoms with Crippen LogP contribution >= 0.6 is 11.3 Å². The van der Waals surface area contributed by atoms with Crippen molar-refractivity contribution in [2.45, 2.75) is 13.0 Å². The van der Waals surface area contributed by atoms with E-state index in [0.29, 0.717) is 30.4 Å². The Morgan fingerprint density at radius 1 is 1.27 bits per heavy atom. The molecule has 1 N–H and O–H groups in total. The van der Waals surface area contributed by atoms with Crippen molar-refractivity contribution in [2.75, 3.05) is 40.5 Å². The Kier molecular flexibility index (Phi) is 5.64. The lowest BCUT2D eigenvalue weighted by Crippen LogP contribution is -2.36. The second-order valence-corrected chi connectivity index (χ2v) is 6.73. The molecule has 10 heteroatoms. The molecule has 0 bridgehead atoms. The number of nitrogens with one attached hydrogen (secondary N) is 1. The molecule has 1 fully saturated rings. The Bertz CT molecular complexity index is 884. The van der Waals surface area contributed by atoms with Crippen molar-refractivity contribution in [3.63, 3.8) is 0 Å². The summed E-state index contributed by atoms with van der Waals surface area (Å²) in [5.74, 6) is -0.653. The van der Waals surface area contributed by atoms with E-state index in [2.05, 4.69) is 19.6 Å². The number of methoxy groups -OCH3 is 2. The average molecular weight is 381 g/mol. The highest BCUT2D eigenvalue weighted by atomic mass is 32.1. The summed E-state index contributed by atoms with van der Waals surface area (Å²) < 4.78 is 14.7. The summed E-state index contributed by atoms with van der Waals surface area (Å²) in [6.45, 7) is 3.27. The number of morpholine rings is 1. The minimum Gasteiger partial charge on any atom is -0.469 e. The van der Waals surface area contributed by atoms with Crippen molar-refractivity contribution >= 4 is 33.5 Å². The molecule has 140 valence electrons. The lowest BCUT2D eigenvalue weighted by molar-refractivity contribution is -0.139. The highest BCUT2D eigenvalue weighted by molar-refractivity contribution is 7.20. The molecule has 0 unspecified atom stereocenters. The fourth-order valence-electron chi connectivity index (χ4n) is 2.80. The molecule has 2 aromatic heterocycles. The van der Waals surface area contributed by atoms with Crippen LogP contribution in [0.4, 0.5) is 0 Å². The second kappa shape index (κ2) is 7.94. The van der Waals surface area contributed by atoms with Gasteiger partial charge in [-0.3, -0.25) is 14.5 Å². The number of fused-ring (bicyclic) bond motifs is 1. The first-order valence-corrected chi connectivity index (χ1v) is 8.85. The predicted molar refractivity (Wildman–Crippen MR) is 93.4 cm³/mol. The largest absolute Gasteiger partial charge is 0.469 e. The van der Waals surface area contributed by atoms with Crippen LogP contribution in [0.2, 0.25) is 0 Å². The second-order valence-electron chi connectivity index (χ2n) is 5.74. The molecule has 2 aromatic rings. The van der Waals surface area contributed by atoms with Crippen LogP contribution in [0.5, 0.6) is 0 Å². The van der Waals surface area contributed by atoms with Gasteiger partial charge in [0.2, 0.25) is 0 Å². The summed E-state index contributed by atoms with van der Waals surface area (Å²) in [5, 5.41) is 0.228. The zero-order valence-corrected chi connectivity index (χ0v) is 15.3. The molecule has 1 saturated heterocycles. The van der Waals surface area contributed by atoms with E-state index in [4.69, 9.17) is 9.47 Å². The predicted octanol–water partition coefficient (Wildman–Crippen LogP) is 0.319. The molecule has 26 heavy (non-hydrogen) atoms. The molecule has 1 aliphatic heterocycles. The molecule has 0 atom stereocenters.